The molecule has 23 heavy (non-hydrogen) atoms. The topological polar surface area (TPSA) is 72.5 Å². The van der Waals surface area contributed by atoms with Gasteiger partial charge in [0.25, 0.3) is 0 Å². The summed E-state index contributed by atoms with van der Waals surface area (Å²) in [5.41, 5.74) is 0.633. The normalized spacial score (nSPS) is 11.3. The van der Waals surface area contributed by atoms with E-state index in [-0.39, 0.29) is 24.1 Å². The molecule has 0 saturated carbocycles. The van der Waals surface area contributed by atoms with Crippen molar-refractivity contribution in [2.45, 2.75) is 59.1 Å². The van der Waals surface area contributed by atoms with Gasteiger partial charge in [-0.25, -0.2) is 0 Å². The average Bonchev–Trinajstić information content (AvgIpc) is 2.69. The standard InChI is InChI=1S/C15H24ClNO2S.CO2/c1-14(2,3)13-12(16)10(9-20-13)7-17-8-11(18)19-15(4,5)6;2-1-3/h9,17H,7-8H2,1-6H3;. The molecule has 5 nitrogen and oxygen atoms in total. The quantitative estimate of drug-likeness (QED) is 0.830. The van der Waals surface area contributed by atoms with Crippen molar-refractivity contribution in [2.24, 2.45) is 0 Å². The molecule has 1 N–H and O–H groups in total. The number of carbonyl (C=O) groups excluding carboxylic acids is 3. The highest BCUT2D eigenvalue weighted by Gasteiger charge is 2.21. The summed E-state index contributed by atoms with van der Waals surface area (Å²) in [5, 5.41) is 5.93. The molecule has 1 rings (SSSR count). The van der Waals surface area contributed by atoms with Crippen LogP contribution in [0.2, 0.25) is 5.02 Å². The predicted molar refractivity (Wildman–Crippen MR) is 90.6 cm³/mol. The van der Waals surface area contributed by atoms with Crippen molar-refractivity contribution in [3.05, 3.63) is 20.8 Å². The maximum atomic E-state index is 11.6. The van der Waals surface area contributed by atoms with E-state index < -0.39 is 5.60 Å². The first kappa shape index (κ1) is 21.8. The van der Waals surface area contributed by atoms with Crippen molar-refractivity contribution < 1.29 is 19.1 Å². The van der Waals surface area contributed by atoms with Crippen LogP contribution in [0.3, 0.4) is 0 Å². The summed E-state index contributed by atoms with van der Waals surface area (Å²) in [6.07, 6.45) is 0.250. The van der Waals surface area contributed by atoms with E-state index in [1.165, 1.54) is 4.88 Å². The first-order valence-electron chi connectivity index (χ1n) is 7.10. The Morgan fingerprint density at radius 2 is 1.78 bits per heavy atom. The molecule has 0 aromatic carbocycles. The largest absolute Gasteiger partial charge is 0.459 e. The number of carbonyl (C=O) groups is 1. The number of rotatable bonds is 4. The van der Waals surface area contributed by atoms with Crippen LogP contribution in [-0.2, 0) is 31.1 Å². The molecule has 0 aliphatic heterocycles. The fourth-order valence-corrected chi connectivity index (χ4v) is 3.33. The summed E-state index contributed by atoms with van der Waals surface area (Å²) in [6.45, 7) is 12.8. The first-order valence-corrected chi connectivity index (χ1v) is 8.36. The van der Waals surface area contributed by atoms with E-state index in [0.717, 1.165) is 10.6 Å². The summed E-state index contributed by atoms with van der Waals surface area (Å²) < 4.78 is 5.23. The molecule has 0 bridgehead atoms. The molecule has 1 aromatic heterocycles. The molecule has 0 unspecified atom stereocenters. The van der Waals surface area contributed by atoms with Gasteiger partial charge in [0.15, 0.2) is 0 Å². The zero-order chi connectivity index (χ0) is 18.3. The number of hydrogen-bond acceptors (Lipinski definition) is 6. The van der Waals surface area contributed by atoms with Crippen LogP contribution < -0.4 is 5.32 Å². The molecule has 0 aliphatic carbocycles. The molecule has 0 radical (unpaired) electrons. The third-order valence-electron chi connectivity index (χ3n) is 2.49. The van der Waals surface area contributed by atoms with Gasteiger partial charge in [0.1, 0.15) is 5.60 Å². The summed E-state index contributed by atoms with van der Waals surface area (Å²) >= 11 is 8.05. The van der Waals surface area contributed by atoms with Gasteiger partial charge in [-0.2, -0.15) is 9.59 Å². The molecule has 0 saturated heterocycles. The van der Waals surface area contributed by atoms with Gasteiger partial charge in [-0.05, 0) is 37.1 Å². The van der Waals surface area contributed by atoms with E-state index in [9.17, 15) is 4.79 Å². The first-order chi connectivity index (χ1) is 10.4. The van der Waals surface area contributed by atoms with Crippen LogP contribution in [0, 0.1) is 0 Å². The summed E-state index contributed by atoms with van der Waals surface area (Å²) in [7, 11) is 0. The van der Waals surface area contributed by atoms with Crippen LogP contribution in [-0.4, -0.2) is 24.3 Å². The van der Waals surface area contributed by atoms with Crippen LogP contribution in [0.1, 0.15) is 52.0 Å². The van der Waals surface area contributed by atoms with Gasteiger partial charge >= 0.3 is 12.1 Å². The van der Waals surface area contributed by atoms with E-state index >= 15 is 0 Å². The minimum atomic E-state index is -0.446. The molecule has 0 aliphatic rings. The minimum Gasteiger partial charge on any atom is -0.459 e. The van der Waals surface area contributed by atoms with Gasteiger partial charge in [0, 0.05) is 11.4 Å². The van der Waals surface area contributed by atoms with Gasteiger partial charge in [0.05, 0.1) is 11.6 Å². The molecule has 0 amide bonds. The molecule has 0 spiro atoms. The Balaban J connectivity index is 0.00000149. The minimum absolute atomic E-state index is 0.0468. The van der Waals surface area contributed by atoms with Crippen molar-refractivity contribution in [1.29, 1.82) is 0 Å². The van der Waals surface area contributed by atoms with E-state index in [1.54, 1.807) is 11.3 Å². The van der Waals surface area contributed by atoms with Crippen molar-refractivity contribution in [1.82, 2.24) is 5.32 Å². The van der Waals surface area contributed by atoms with Crippen LogP contribution >= 0.6 is 22.9 Å². The highest BCUT2D eigenvalue weighted by molar-refractivity contribution is 7.11. The van der Waals surface area contributed by atoms with Crippen LogP contribution in [0.5, 0.6) is 0 Å². The molecule has 130 valence electrons. The lowest BCUT2D eigenvalue weighted by Crippen LogP contribution is -2.31. The summed E-state index contributed by atoms with van der Waals surface area (Å²) in [6, 6.07) is 0. The van der Waals surface area contributed by atoms with Gasteiger partial charge in [-0.1, -0.05) is 32.4 Å². The van der Waals surface area contributed by atoms with Crippen LogP contribution in [0.15, 0.2) is 5.38 Å². The number of nitrogens with one attached hydrogen (secondary N) is 1. The number of hydrogen-bond donors (Lipinski definition) is 1. The monoisotopic (exact) mass is 361 g/mol. The fraction of sp³-hybridized carbons (Fsp3) is 0.625. The van der Waals surface area contributed by atoms with Crippen molar-refractivity contribution in [3.8, 4) is 0 Å². The van der Waals surface area contributed by atoms with Crippen LogP contribution in [0.4, 0.5) is 0 Å². The van der Waals surface area contributed by atoms with E-state index in [1.807, 2.05) is 26.2 Å². The lowest BCUT2D eigenvalue weighted by atomic mass is 9.94. The predicted octanol–water partition coefficient (Wildman–Crippen LogP) is 3.55. The van der Waals surface area contributed by atoms with E-state index in [0.29, 0.717) is 6.54 Å². The lowest BCUT2D eigenvalue weighted by Gasteiger charge is -2.19. The second-order valence-corrected chi connectivity index (χ2v) is 8.18. The van der Waals surface area contributed by atoms with Gasteiger partial charge in [-0.15, -0.1) is 11.3 Å². The Morgan fingerprint density at radius 1 is 1.26 bits per heavy atom. The Morgan fingerprint density at radius 3 is 2.17 bits per heavy atom. The number of esters is 1. The molecular weight excluding hydrogens is 338 g/mol. The molecular formula is C16H24ClNO4S. The summed E-state index contributed by atoms with van der Waals surface area (Å²) in [4.78, 5) is 29.0. The van der Waals surface area contributed by atoms with Gasteiger partial charge in [0.2, 0.25) is 0 Å². The molecule has 0 atom stereocenters. The lowest BCUT2D eigenvalue weighted by molar-refractivity contribution is -0.191. The fourth-order valence-electron chi connectivity index (χ4n) is 1.68. The Hall–Kier alpha value is -1.20. The zero-order valence-corrected chi connectivity index (χ0v) is 16.0. The van der Waals surface area contributed by atoms with E-state index in [2.05, 4.69) is 26.1 Å². The molecule has 1 aromatic rings. The molecule has 1 heterocycles. The molecule has 0 fully saturated rings. The Bertz CT molecular complexity index is 549. The Kier molecular flexibility index (Phi) is 8.70. The second kappa shape index (κ2) is 9.18. The highest BCUT2D eigenvalue weighted by atomic mass is 35.5. The van der Waals surface area contributed by atoms with E-state index in [4.69, 9.17) is 25.9 Å². The maximum absolute atomic E-state index is 11.6. The third kappa shape index (κ3) is 8.86. The molecule has 7 heteroatoms. The highest BCUT2D eigenvalue weighted by Crippen LogP contribution is 2.37. The van der Waals surface area contributed by atoms with Gasteiger partial charge < -0.3 is 10.1 Å². The third-order valence-corrected chi connectivity index (χ3v) is 4.48. The Labute approximate surface area is 146 Å². The number of thiophene rings is 1. The number of ether oxygens (including phenoxy) is 1. The van der Waals surface area contributed by atoms with Crippen LogP contribution in [0.25, 0.3) is 0 Å². The average molecular weight is 362 g/mol. The van der Waals surface area contributed by atoms with Gasteiger partial charge in [-0.3, -0.25) is 4.79 Å². The second-order valence-electron chi connectivity index (χ2n) is 6.93. The SMILES string of the molecule is CC(C)(C)OC(=O)CNCc1csc(C(C)(C)C)c1Cl.O=C=O. The summed E-state index contributed by atoms with van der Waals surface area (Å²) in [5.74, 6) is -0.250. The maximum Gasteiger partial charge on any atom is 0.373 e. The van der Waals surface area contributed by atoms with Crippen molar-refractivity contribution in [3.63, 3.8) is 0 Å². The smallest absolute Gasteiger partial charge is 0.373 e. The van der Waals surface area contributed by atoms with Crippen molar-refractivity contribution >= 4 is 35.1 Å². The van der Waals surface area contributed by atoms with Crippen molar-refractivity contribution in [2.75, 3.05) is 6.54 Å². The zero-order valence-electron chi connectivity index (χ0n) is 14.4. The number of halogens is 1.